The van der Waals surface area contributed by atoms with E-state index in [0.29, 0.717) is 0 Å². The molecule has 0 aliphatic carbocycles. The van der Waals surface area contributed by atoms with Gasteiger partial charge in [0.15, 0.2) is 0 Å². The van der Waals surface area contributed by atoms with Crippen molar-refractivity contribution in [3.05, 3.63) is 68.3 Å². The van der Waals surface area contributed by atoms with Crippen molar-refractivity contribution in [2.24, 2.45) is 0 Å². The van der Waals surface area contributed by atoms with Gasteiger partial charge in [0.1, 0.15) is 22.6 Å². The molecule has 0 aliphatic heterocycles. The third-order valence-corrected chi connectivity index (χ3v) is 7.10. The summed E-state index contributed by atoms with van der Waals surface area (Å²) in [5.74, 6) is -0.595. The van der Waals surface area contributed by atoms with E-state index in [4.69, 9.17) is 4.74 Å². The minimum atomic E-state index is -3.95. The van der Waals surface area contributed by atoms with Crippen LogP contribution in [0.5, 0.6) is 5.75 Å². The maximum Gasteiger partial charge on any atom is 0.244 e. The Hall–Kier alpha value is -1.78. The molecule has 2 aromatic heterocycles. The number of ether oxygens (including phenoxy) is 1. The van der Waals surface area contributed by atoms with Crippen molar-refractivity contribution in [3.63, 3.8) is 0 Å². The number of aliphatic hydroxyl groups is 1. The first-order chi connectivity index (χ1) is 12.4. The molecule has 3 aromatic rings. The molecule has 1 aromatic carbocycles. The van der Waals surface area contributed by atoms with Gasteiger partial charge in [0, 0.05) is 21.2 Å². The van der Waals surface area contributed by atoms with Gasteiger partial charge in [-0.25, -0.2) is 17.5 Å². The van der Waals surface area contributed by atoms with E-state index in [2.05, 4.69) is 4.72 Å². The molecule has 0 amide bonds. The molecule has 1 atom stereocenters. The molecule has 138 valence electrons. The highest BCUT2D eigenvalue weighted by Crippen LogP contribution is 2.31. The van der Waals surface area contributed by atoms with Crippen LogP contribution in [0.4, 0.5) is 4.39 Å². The van der Waals surface area contributed by atoms with Crippen molar-refractivity contribution >= 4 is 32.7 Å². The van der Waals surface area contributed by atoms with E-state index in [0.717, 1.165) is 26.8 Å². The van der Waals surface area contributed by atoms with E-state index in [9.17, 15) is 17.9 Å². The van der Waals surface area contributed by atoms with Gasteiger partial charge in [0.25, 0.3) is 0 Å². The number of nitrogens with one attached hydrogen (secondary N) is 1. The third-order valence-electron chi connectivity index (χ3n) is 3.62. The summed E-state index contributed by atoms with van der Waals surface area (Å²) >= 11 is 2.76. The first-order valence-corrected chi connectivity index (χ1v) is 10.7. The average Bonchev–Trinajstić information content (AvgIpc) is 3.31. The SMILES string of the molecule is COc1ccc(F)cc1S(=O)(=O)NCc1ccc(C(O)c2cccs2)s1. The molecule has 0 saturated carbocycles. The Kier molecular flexibility index (Phi) is 5.73. The summed E-state index contributed by atoms with van der Waals surface area (Å²) in [5.41, 5.74) is 0. The summed E-state index contributed by atoms with van der Waals surface area (Å²) in [6.45, 7) is 0.0316. The highest BCUT2D eigenvalue weighted by molar-refractivity contribution is 7.89. The number of aliphatic hydroxyl groups excluding tert-OH is 1. The normalized spacial score (nSPS) is 12.9. The second kappa shape index (κ2) is 7.85. The van der Waals surface area contributed by atoms with Crippen molar-refractivity contribution in [3.8, 4) is 5.75 Å². The zero-order valence-corrected chi connectivity index (χ0v) is 16.1. The van der Waals surface area contributed by atoms with Gasteiger partial charge in [-0.2, -0.15) is 0 Å². The van der Waals surface area contributed by atoms with Crippen LogP contribution in [0.1, 0.15) is 20.7 Å². The Bertz CT molecular complexity index is 983. The highest BCUT2D eigenvalue weighted by Gasteiger charge is 2.21. The van der Waals surface area contributed by atoms with Gasteiger partial charge in [0.05, 0.1) is 7.11 Å². The van der Waals surface area contributed by atoms with E-state index < -0.39 is 21.9 Å². The molecule has 0 saturated heterocycles. The number of sulfonamides is 1. The molecule has 9 heteroatoms. The zero-order chi connectivity index (χ0) is 18.7. The Morgan fingerprint density at radius 1 is 1.23 bits per heavy atom. The van der Waals surface area contributed by atoms with Gasteiger partial charge in [-0.1, -0.05) is 6.07 Å². The molecule has 0 aliphatic rings. The van der Waals surface area contributed by atoms with Crippen molar-refractivity contribution in [1.29, 1.82) is 0 Å². The number of hydrogen-bond acceptors (Lipinski definition) is 6. The molecular weight excluding hydrogens is 397 g/mol. The summed E-state index contributed by atoms with van der Waals surface area (Å²) in [4.78, 5) is 2.03. The lowest BCUT2D eigenvalue weighted by atomic mass is 10.2. The maximum absolute atomic E-state index is 13.4. The fourth-order valence-corrected chi connectivity index (χ4v) is 5.36. The predicted octanol–water partition coefficient (Wildman–Crippen LogP) is 3.52. The molecule has 0 fully saturated rings. The molecule has 26 heavy (non-hydrogen) atoms. The largest absolute Gasteiger partial charge is 0.495 e. The molecule has 0 radical (unpaired) electrons. The predicted molar refractivity (Wildman–Crippen MR) is 99.7 cm³/mol. The standard InChI is InChI=1S/C17H16FNO4S3/c1-23-13-6-4-11(18)9-16(13)26(21,22)19-10-12-5-7-15(25-12)17(20)14-3-2-8-24-14/h2-9,17,19-20H,10H2,1H3. The van der Waals surface area contributed by atoms with Crippen molar-refractivity contribution in [2.45, 2.75) is 17.5 Å². The van der Waals surface area contributed by atoms with Gasteiger partial charge in [0.2, 0.25) is 10.0 Å². The van der Waals surface area contributed by atoms with Crippen LogP contribution in [0.3, 0.4) is 0 Å². The molecule has 0 spiro atoms. The number of rotatable bonds is 7. The van der Waals surface area contributed by atoms with Crippen molar-refractivity contribution < 1.29 is 22.7 Å². The molecule has 0 bridgehead atoms. The van der Waals surface area contributed by atoms with Crippen LogP contribution < -0.4 is 9.46 Å². The number of benzene rings is 1. The van der Waals surface area contributed by atoms with Gasteiger partial charge < -0.3 is 9.84 Å². The molecule has 2 N–H and O–H groups in total. The number of hydrogen-bond donors (Lipinski definition) is 2. The molecule has 2 heterocycles. The third kappa shape index (κ3) is 4.13. The van der Waals surface area contributed by atoms with Crippen molar-refractivity contribution in [2.75, 3.05) is 7.11 Å². The Morgan fingerprint density at radius 3 is 2.73 bits per heavy atom. The molecular formula is C17H16FNO4S3. The van der Waals surface area contributed by atoms with Gasteiger partial charge in [-0.3, -0.25) is 0 Å². The van der Waals surface area contributed by atoms with Gasteiger partial charge in [-0.15, -0.1) is 22.7 Å². The zero-order valence-electron chi connectivity index (χ0n) is 13.7. The highest BCUT2D eigenvalue weighted by atomic mass is 32.2. The topological polar surface area (TPSA) is 75.6 Å². The smallest absolute Gasteiger partial charge is 0.244 e. The molecule has 5 nitrogen and oxygen atoms in total. The Labute approximate surface area is 158 Å². The summed E-state index contributed by atoms with van der Waals surface area (Å²) in [6, 6.07) is 10.5. The Balaban J connectivity index is 1.74. The molecule has 3 rings (SSSR count). The van der Waals surface area contributed by atoms with E-state index in [-0.39, 0.29) is 17.2 Å². The van der Waals surface area contributed by atoms with Crippen LogP contribution in [-0.4, -0.2) is 20.6 Å². The minimum absolute atomic E-state index is 0.0316. The number of methoxy groups -OCH3 is 1. The van der Waals surface area contributed by atoms with Crippen LogP contribution in [0.25, 0.3) is 0 Å². The van der Waals surface area contributed by atoms with Gasteiger partial charge >= 0.3 is 0 Å². The van der Waals surface area contributed by atoms with E-state index >= 15 is 0 Å². The lowest BCUT2D eigenvalue weighted by Gasteiger charge is -2.10. The second-order valence-electron chi connectivity index (χ2n) is 5.34. The minimum Gasteiger partial charge on any atom is -0.495 e. The van der Waals surface area contributed by atoms with Crippen LogP contribution >= 0.6 is 22.7 Å². The molecule has 1 unspecified atom stereocenters. The summed E-state index contributed by atoms with van der Waals surface area (Å²) < 4.78 is 45.8. The van der Waals surface area contributed by atoms with Crippen LogP contribution in [0.2, 0.25) is 0 Å². The quantitative estimate of drug-likeness (QED) is 0.621. The van der Waals surface area contributed by atoms with Crippen molar-refractivity contribution in [1.82, 2.24) is 4.72 Å². The summed E-state index contributed by atoms with van der Waals surface area (Å²) in [5, 5.41) is 12.2. The van der Waals surface area contributed by atoms with E-state index in [1.165, 1.54) is 35.8 Å². The maximum atomic E-state index is 13.4. The van der Waals surface area contributed by atoms with Crippen LogP contribution in [0.15, 0.2) is 52.7 Å². The number of halogens is 1. The fraction of sp³-hybridized carbons (Fsp3) is 0.176. The summed E-state index contributed by atoms with van der Waals surface area (Å²) in [7, 11) is -2.62. The summed E-state index contributed by atoms with van der Waals surface area (Å²) in [6.07, 6.45) is -0.728. The first-order valence-electron chi connectivity index (χ1n) is 7.54. The lowest BCUT2D eigenvalue weighted by Crippen LogP contribution is -2.23. The monoisotopic (exact) mass is 413 g/mol. The fourth-order valence-electron chi connectivity index (χ4n) is 2.33. The number of thiophene rings is 2. The van der Waals surface area contributed by atoms with Gasteiger partial charge in [-0.05, 0) is 41.8 Å². The Morgan fingerprint density at radius 2 is 2.04 bits per heavy atom. The van der Waals surface area contributed by atoms with Crippen LogP contribution in [-0.2, 0) is 16.6 Å². The first kappa shape index (κ1) is 19.0. The van der Waals surface area contributed by atoms with Crippen LogP contribution in [0, 0.1) is 5.82 Å². The van der Waals surface area contributed by atoms with E-state index in [1.807, 2.05) is 17.5 Å². The lowest BCUT2D eigenvalue weighted by molar-refractivity contribution is 0.228. The van der Waals surface area contributed by atoms with E-state index in [1.54, 1.807) is 12.1 Å². The average molecular weight is 414 g/mol. The second-order valence-corrected chi connectivity index (χ2v) is 9.26.